The number of unbranched alkanes of at least 4 members (excludes halogenated alkanes) is 6. The fraction of sp³-hybridized carbons (Fsp3) is 0.395. The number of carbonyl (C=O) groups is 4. The summed E-state index contributed by atoms with van der Waals surface area (Å²) < 4.78 is 68.2. The zero-order chi connectivity index (χ0) is 45.3. The molecule has 0 spiro atoms. The van der Waals surface area contributed by atoms with Gasteiger partial charge < -0.3 is 28.4 Å². The van der Waals surface area contributed by atoms with Crippen LogP contribution in [0.15, 0.2) is 78.9 Å². The molecule has 334 valence electrons. The van der Waals surface area contributed by atoms with E-state index in [0.29, 0.717) is 62.7 Å². The molecule has 0 aliphatic carbocycles. The van der Waals surface area contributed by atoms with E-state index < -0.39 is 63.4 Å². The molecule has 0 fully saturated rings. The van der Waals surface area contributed by atoms with Gasteiger partial charge in [0.15, 0.2) is 0 Å². The van der Waals surface area contributed by atoms with Crippen LogP contribution < -0.4 is 14.2 Å². The van der Waals surface area contributed by atoms with Crippen LogP contribution in [0.2, 0.25) is 0 Å². The molecular formula is C43H47F3N2O14. The second-order valence-electron chi connectivity index (χ2n) is 13.4. The van der Waals surface area contributed by atoms with E-state index in [1.807, 2.05) is 0 Å². The van der Waals surface area contributed by atoms with Gasteiger partial charge >= 0.3 is 41.4 Å². The Morgan fingerprint density at radius 2 is 1.10 bits per heavy atom. The number of benzene rings is 3. The van der Waals surface area contributed by atoms with E-state index >= 15 is 0 Å². The Hall–Kier alpha value is -6.79. The molecule has 0 unspecified atom stereocenters. The normalized spacial score (nSPS) is 11.3. The van der Waals surface area contributed by atoms with E-state index in [1.54, 1.807) is 25.1 Å². The van der Waals surface area contributed by atoms with Crippen molar-refractivity contribution < 1.29 is 70.6 Å². The molecular weight excluding hydrogens is 825 g/mol. The van der Waals surface area contributed by atoms with Gasteiger partial charge in [-0.2, -0.15) is 13.2 Å². The molecule has 3 rings (SSSR count). The first kappa shape index (κ1) is 49.6. The predicted molar refractivity (Wildman–Crippen MR) is 217 cm³/mol. The van der Waals surface area contributed by atoms with Crippen molar-refractivity contribution >= 4 is 41.3 Å². The summed E-state index contributed by atoms with van der Waals surface area (Å²) in [6.45, 7) is 1.81. The highest BCUT2D eigenvalue weighted by molar-refractivity contribution is 5.92. The summed E-state index contributed by atoms with van der Waals surface area (Å²) in [5.74, 6) is -2.67. The van der Waals surface area contributed by atoms with Crippen LogP contribution in [-0.2, 0) is 23.8 Å². The summed E-state index contributed by atoms with van der Waals surface area (Å²) in [6, 6.07) is 13.8. The molecule has 16 nitrogen and oxygen atoms in total. The van der Waals surface area contributed by atoms with Crippen molar-refractivity contribution in [1.82, 2.24) is 0 Å². The fourth-order valence-corrected chi connectivity index (χ4v) is 5.38. The summed E-state index contributed by atoms with van der Waals surface area (Å²) in [4.78, 5) is 70.4. The average molecular weight is 873 g/mol. The van der Waals surface area contributed by atoms with E-state index in [9.17, 15) is 52.6 Å². The van der Waals surface area contributed by atoms with Crippen LogP contribution in [0, 0.1) is 20.2 Å². The van der Waals surface area contributed by atoms with Crippen LogP contribution >= 0.6 is 0 Å². The number of rotatable bonds is 27. The molecule has 0 bridgehead atoms. The third-order valence-corrected chi connectivity index (χ3v) is 8.49. The van der Waals surface area contributed by atoms with Crippen LogP contribution in [0.4, 0.5) is 24.5 Å². The highest BCUT2D eigenvalue weighted by Crippen LogP contribution is 2.38. The number of carbonyl (C=O) groups excluding carboxylic acids is 4. The van der Waals surface area contributed by atoms with Crippen molar-refractivity contribution in [2.24, 2.45) is 0 Å². The first-order valence-corrected chi connectivity index (χ1v) is 19.7. The van der Waals surface area contributed by atoms with Gasteiger partial charge in [-0.1, -0.05) is 18.2 Å². The molecule has 0 atom stereocenters. The molecule has 19 heteroatoms. The zero-order valence-corrected chi connectivity index (χ0v) is 33.9. The molecule has 0 N–H and O–H groups in total. The van der Waals surface area contributed by atoms with Gasteiger partial charge in [0.25, 0.3) is 5.75 Å². The van der Waals surface area contributed by atoms with Gasteiger partial charge in [0.05, 0.1) is 54.0 Å². The maximum absolute atomic E-state index is 12.7. The largest absolute Gasteiger partial charge is 0.494 e. The smallest absolute Gasteiger partial charge is 0.389 e. The first-order chi connectivity index (χ1) is 29.7. The number of nitrogens with zero attached hydrogens (tertiary/aromatic N) is 2. The van der Waals surface area contributed by atoms with Crippen LogP contribution in [0.3, 0.4) is 0 Å². The molecule has 0 aromatic heterocycles. The summed E-state index contributed by atoms with van der Waals surface area (Å²) in [5, 5.41) is 23.5. The minimum Gasteiger partial charge on any atom is -0.494 e. The molecule has 0 saturated heterocycles. The molecule has 0 amide bonds. The molecule has 0 heterocycles. The SMILES string of the molecule is CC=CC(=O)OCCCCCCOc1c([N+](=O)[O-])cc(C(=O)OCCCCCCOC(=O)C=Cc2ccc(OC(=O)c3ccc(OCCCC(F)(F)F)cc3)cc2)cc1[N+](=O)[O-]. The molecule has 0 saturated carbocycles. The Labute approximate surface area is 354 Å². The average Bonchev–Trinajstić information content (AvgIpc) is 3.23. The lowest BCUT2D eigenvalue weighted by atomic mass is 10.1. The van der Waals surface area contributed by atoms with E-state index in [4.69, 9.17) is 28.4 Å². The number of halogens is 3. The lowest BCUT2D eigenvalue weighted by Crippen LogP contribution is -2.10. The monoisotopic (exact) mass is 872 g/mol. The lowest BCUT2D eigenvalue weighted by molar-refractivity contribution is -0.396. The quantitative estimate of drug-likeness (QED) is 0.0133. The van der Waals surface area contributed by atoms with Gasteiger partial charge in [0, 0.05) is 30.7 Å². The van der Waals surface area contributed by atoms with Crippen LogP contribution in [0.25, 0.3) is 6.08 Å². The molecule has 0 radical (unpaired) electrons. The number of alkyl halides is 3. The maximum Gasteiger partial charge on any atom is 0.389 e. The van der Waals surface area contributed by atoms with Gasteiger partial charge in [-0.25, -0.2) is 19.2 Å². The summed E-state index contributed by atoms with van der Waals surface area (Å²) in [7, 11) is 0. The number of ether oxygens (including phenoxy) is 6. The Morgan fingerprint density at radius 1 is 0.597 bits per heavy atom. The van der Waals surface area contributed by atoms with Gasteiger partial charge in [-0.05, 0) is 113 Å². The summed E-state index contributed by atoms with van der Waals surface area (Å²) in [5.41, 5.74) is -1.04. The summed E-state index contributed by atoms with van der Waals surface area (Å²) in [6.07, 6.45) is 4.63. The number of hydrogen-bond acceptors (Lipinski definition) is 14. The predicted octanol–water partition coefficient (Wildman–Crippen LogP) is 9.48. The van der Waals surface area contributed by atoms with Gasteiger partial charge in [-0.3, -0.25) is 20.2 Å². The Bertz CT molecular complexity index is 1980. The van der Waals surface area contributed by atoms with Crippen molar-refractivity contribution in [3.05, 3.63) is 116 Å². The number of esters is 4. The standard InChI is InChI=1S/C43H47F3N2O14/c1-2-12-38(49)58-24-7-3-5-9-26-60-40-36(47(53)54)29-33(30-37(40)48(55)56)41(51)61-27-10-6-4-8-25-59-39(50)22-15-31-13-18-35(19-14-31)62-42(52)32-16-20-34(21-17-32)57-28-11-23-43(44,45)46/h2,12-22,29-30H,3-11,23-28H2,1H3. The van der Waals surface area contributed by atoms with E-state index in [1.165, 1.54) is 54.6 Å². The molecule has 62 heavy (non-hydrogen) atoms. The van der Waals surface area contributed by atoms with Crippen LogP contribution in [-0.4, -0.2) is 72.9 Å². The molecule has 3 aromatic rings. The highest BCUT2D eigenvalue weighted by Gasteiger charge is 2.31. The number of allylic oxidation sites excluding steroid dienone is 1. The van der Waals surface area contributed by atoms with Crippen LogP contribution in [0.1, 0.15) is 97.4 Å². The number of hydrogen-bond donors (Lipinski definition) is 0. The van der Waals surface area contributed by atoms with Crippen molar-refractivity contribution in [3.63, 3.8) is 0 Å². The van der Waals surface area contributed by atoms with Crippen LogP contribution in [0.5, 0.6) is 17.2 Å². The molecule has 0 aliphatic heterocycles. The first-order valence-electron chi connectivity index (χ1n) is 19.7. The van der Waals surface area contributed by atoms with E-state index in [-0.39, 0.29) is 56.3 Å². The zero-order valence-electron chi connectivity index (χ0n) is 33.9. The van der Waals surface area contributed by atoms with Crippen molar-refractivity contribution in [3.8, 4) is 17.2 Å². The van der Waals surface area contributed by atoms with Crippen molar-refractivity contribution in [1.29, 1.82) is 0 Å². The topological polar surface area (TPSA) is 210 Å². The Morgan fingerprint density at radius 3 is 1.63 bits per heavy atom. The highest BCUT2D eigenvalue weighted by atomic mass is 19.4. The molecule has 0 aliphatic rings. The third kappa shape index (κ3) is 19.1. The van der Waals surface area contributed by atoms with Gasteiger partial charge in [-0.15, -0.1) is 0 Å². The number of nitro benzene ring substituents is 2. The van der Waals surface area contributed by atoms with E-state index in [2.05, 4.69) is 0 Å². The van der Waals surface area contributed by atoms with Gasteiger partial charge in [0.1, 0.15) is 11.5 Å². The second-order valence-corrected chi connectivity index (χ2v) is 13.4. The summed E-state index contributed by atoms with van der Waals surface area (Å²) >= 11 is 0. The van der Waals surface area contributed by atoms with Gasteiger partial charge in [0.2, 0.25) is 0 Å². The Balaban J connectivity index is 1.32. The third-order valence-electron chi connectivity index (χ3n) is 8.49. The second kappa shape index (κ2) is 26.4. The van der Waals surface area contributed by atoms with Crippen molar-refractivity contribution in [2.75, 3.05) is 33.0 Å². The van der Waals surface area contributed by atoms with E-state index in [0.717, 1.165) is 12.1 Å². The Kier molecular flexibility index (Phi) is 21.1. The minimum atomic E-state index is -4.25. The van der Waals surface area contributed by atoms with Crippen molar-refractivity contribution in [2.45, 2.75) is 77.3 Å². The molecule has 3 aromatic carbocycles. The fourth-order valence-electron chi connectivity index (χ4n) is 5.38. The minimum absolute atomic E-state index is 0.0549. The maximum atomic E-state index is 12.7. The number of nitro groups is 2. The lowest BCUT2D eigenvalue weighted by Gasteiger charge is -2.10.